The first kappa shape index (κ1) is 19.3. The minimum absolute atomic E-state index is 0. The highest BCUT2D eigenvalue weighted by molar-refractivity contribution is 5.87. The minimum atomic E-state index is -0.599. The summed E-state index contributed by atoms with van der Waals surface area (Å²) in [5, 5.41) is 5.31. The summed E-state index contributed by atoms with van der Waals surface area (Å²) >= 11 is 0. The predicted molar refractivity (Wildman–Crippen MR) is 83.9 cm³/mol. The smallest absolute Gasteiger partial charge is 0.239 e. The van der Waals surface area contributed by atoms with Gasteiger partial charge in [-0.15, -0.1) is 12.4 Å². The van der Waals surface area contributed by atoms with E-state index in [4.69, 9.17) is 5.73 Å². The molecule has 0 aliphatic heterocycles. The molecular weight excluding hydrogens is 292 g/mol. The van der Waals surface area contributed by atoms with Crippen LogP contribution in [-0.4, -0.2) is 29.4 Å². The molecule has 21 heavy (non-hydrogen) atoms. The third-order valence-corrected chi connectivity index (χ3v) is 3.01. The Morgan fingerprint density at radius 1 is 1.33 bits per heavy atom. The number of aromatic nitrogens is 1. The van der Waals surface area contributed by atoms with Crippen molar-refractivity contribution in [3.63, 3.8) is 0 Å². The molecule has 0 aromatic carbocycles. The second-order valence-corrected chi connectivity index (χ2v) is 5.06. The van der Waals surface area contributed by atoms with Crippen LogP contribution >= 0.6 is 12.4 Å². The molecule has 0 aliphatic carbocycles. The van der Waals surface area contributed by atoms with Crippen LogP contribution in [0.15, 0.2) is 24.5 Å². The van der Waals surface area contributed by atoms with E-state index in [2.05, 4.69) is 15.6 Å². The topological polar surface area (TPSA) is 97.1 Å². The third-order valence-electron chi connectivity index (χ3n) is 3.01. The Labute approximate surface area is 131 Å². The molecule has 0 aliphatic rings. The fourth-order valence-electron chi connectivity index (χ4n) is 1.60. The van der Waals surface area contributed by atoms with Crippen molar-refractivity contribution in [1.82, 2.24) is 15.6 Å². The monoisotopic (exact) mass is 314 g/mol. The van der Waals surface area contributed by atoms with Gasteiger partial charge in [-0.2, -0.15) is 0 Å². The lowest BCUT2D eigenvalue weighted by atomic mass is 10.1. The number of pyridine rings is 1. The molecule has 118 valence electrons. The number of hydrogen-bond donors (Lipinski definition) is 3. The van der Waals surface area contributed by atoms with Gasteiger partial charge in [-0.1, -0.05) is 19.9 Å². The molecule has 2 atom stereocenters. The summed E-state index contributed by atoms with van der Waals surface area (Å²) < 4.78 is 0. The minimum Gasteiger partial charge on any atom is -0.348 e. The molecular formula is C14H23ClN4O2. The number of carbonyl (C=O) groups is 2. The first-order valence-electron chi connectivity index (χ1n) is 6.64. The normalized spacial score (nSPS) is 13.0. The van der Waals surface area contributed by atoms with E-state index in [1.165, 1.54) is 0 Å². The van der Waals surface area contributed by atoms with Crippen LogP contribution in [0.2, 0.25) is 0 Å². The van der Waals surface area contributed by atoms with Crippen molar-refractivity contribution < 1.29 is 9.59 Å². The van der Waals surface area contributed by atoms with Gasteiger partial charge >= 0.3 is 0 Å². The molecule has 1 unspecified atom stereocenters. The van der Waals surface area contributed by atoms with E-state index >= 15 is 0 Å². The summed E-state index contributed by atoms with van der Waals surface area (Å²) in [5.74, 6) is -0.540. The summed E-state index contributed by atoms with van der Waals surface area (Å²) in [6.45, 7) is 5.49. The number of halogens is 1. The van der Waals surface area contributed by atoms with E-state index < -0.39 is 6.04 Å². The van der Waals surface area contributed by atoms with Crippen molar-refractivity contribution in [1.29, 1.82) is 0 Å². The van der Waals surface area contributed by atoms with Gasteiger partial charge in [-0.05, 0) is 24.5 Å². The van der Waals surface area contributed by atoms with Gasteiger partial charge in [0.25, 0.3) is 0 Å². The molecule has 1 heterocycles. The number of rotatable bonds is 6. The molecule has 0 spiro atoms. The number of hydrogen-bond acceptors (Lipinski definition) is 4. The maximum absolute atomic E-state index is 11.7. The van der Waals surface area contributed by atoms with Gasteiger partial charge in [0, 0.05) is 12.4 Å². The molecule has 4 N–H and O–H groups in total. The zero-order chi connectivity index (χ0) is 15.1. The molecule has 0 bridgehead atoms. The number of carbonyl (C=O) groups excluding carboxylic acids is 2. The third kappa shape index (κ3) is 6.55. The Morgan fingerprint density at radius 3 is 2.52 bits per heavy atom. The van der Waals surface area contributed by atoms with Gasteiger partial charge in [-0.25, -0.2) is 0 Å². The molecule has 0 saturated heterocycles. The highest BCUT2D eigenvalue weighted by atomic mass is 35.5. The lowest BCUT2D eigenvalue weighted by Crippen LogP contribution is -2.47. The lowest BCUT2D eigenvalue weighted by Gasteiger charge is -2.17. The van der Waals surface area contributed by atoms with E-state index in [0.717, 1.165) is 5.56 Å². The predicted octanol–water partition coefficient (Wildman–Crippen LogP) is 0.780. The number of amides is 2. The number of nitrogens with two attached hydrogens (primary N) is 1. The molecule has 6 nitrogen and oxygen atoms in total. The lowest BCUT2D eigenvalue weighted by molar-refractivity contribution is -0.127. The maximum Gasteiger partial charge on any atom is 0.239 e. The molecule has 1 rings (SSSR count). The van der Waals surface area contributed by atoms with Crippen molar-refractivity contribution in [3.8, 4) is 0 Å². The van der Waals surface area contributed by atoms with Crippen LogP contribution in [0.1, 0.15) is 32.4 Å². The van der Waals surface area contributed by atoms with Crippen molar-refractivity contribution in [3.05, 3.63) is 30.1 Å². The fraction of sp³-hybridized carbons (Fsp3) is 0.500. The van der Waals surface area contributed by atoms with E-state index in [1.807, 2.05) is 26.8 Å². The Morgan fingerprint density at radius 2 is 2.00 bits per heavy atom. The standard InChI is InChI=1S/C14H22N4O2.ClH/c1-9(2)13(15)14(20)17-8-12(19)18-10(3)11-5-4-6-16-7-11;/h4-7,9-10,13H,8,15H2,1-3H3,(H,17,20)(H,18,19);1H/t10?,13-;/m0./s1. The summed E-state index contributed by atoms with van der Waals surface area (Å²) in [6, 6.07) is 2.93. The van der Waals surface area contributed by atoms with Gasteiger partial charge in [0.1, 0.15) is 0 Å². The Kier molecular flexibility index (Phi) is 8.57. The number of nitrogens with one attached hydrogen (secondary N) is 2. The zero-order valence-corrected chi connectivity index (χ0v) is 13.3. The van der Waals surface area contributed by atoms with E-state index in [9.17, 15) is 9.59 Å². The van der Waals surface area contributed by atoms with Gasteiger partial charge in [0.2, 0.25) is 11.8 Å². The molecule has 1 aromatic heterocycles. The zero-order valence-electron chi connectivity index (χ0n) is 12.5. The van der Waals surface area contributed by atoms with Crippen LogP contribution in [0, 0.1) is 5.92 Å². The fourth-order valence-corrected chi connectivity index (χ4v) is 1.60. The largest absolute Gasteiger partial charge is 0.348 e. The summed E-state index contributed by atoms with van der Waals surface area (Å²) in [5.41, 5.74) is 6.59. The van der Waals surface area contributed by atoms with Crippen LogP contribution in [-0.2, 0) is 9.59 Å². The Bertz CT molecular complexity index is 454. The van der Waals surface area contributed by atoms with Crippen molar-refractivity contribution >= 4 is 24.2 Å². The van der Waals surface area contributed by atoms with Crippen molar-refractivity contribution in [2.45, 2.75) is 32.9 Å². The van der Waals surface area contributed by atoms with Gasteiger partial charge in [0.05, 0.1) is 18.6 Å². The second kappa shape index (κ2) is 9.31. The number of nitrogens with zero attached hydrogens (tertiary/aromatic N) is 1. The molecule has 7 heteroatoms. The average molecular weight is 315 g/mol. The Hall–Kier alpha value is -1.66. The van der Waals surface area contributed by atoms with E-state index in [1.54, 1.807) is 18.5 Å². The second-order valence-electron chi connectivity index (χ2n) is 5.06. The van der Waals surface area contributed by atoms with Crippen LogP contribution in [0.25, 0.3) is 0 Å². The summed E-state index contributed by atoms with van der Waals surface area (Å²) in [4.78, 5) is 27.3. The summed E-state index contributed by atoms with van der Waals surface area (Å²) in [6.07, 6.45) is 3.36. The van der Waals surface area contributed by atoms with Gasteiger partial charge < -0.3 is 16.4 Å². The summed E-state index contributed by atoms with van der Waals surface area (Å²) in [7, 11) is 0. The molecule has 2 amide bonds. The molecule has 0 radical (unpaired) electrons. The Balaban J connectivity index is 0.00000400. The first-order chi connectivity index (χ1) is 9.41. The molecule has 0 saturated carbocycles. The van der Waals surface area contributed by atoms with Crippen molar-refractivity contribution in [2.24, 2.45) is 11.7 Å². The van der Waals surface area contributed by atoms with Crippen LogP contribution in [0.3, 0.4) is 0 Å². The quantitative estimate of drug-likeness (QED) is 0.723. The maximum atomic E-state index is 11.7. The van der Waals surface area contributed by atoms with Gasteiger partial charge in [-0.3, -0.25) is 14.6 Å². The van der Waals surface area contributed by atoms with Crippen LogP contribution in [0.5, 0.6) is 0 Å². The van der Waals surface area contributed by atoms with E-state index in [-0.39, 0.29) is 42.7 Å². The van der Waals surface area contributed by atoms with Crippen LogP contribution in [0.4, 0.5) is 0 Å². The SMILES string of the molecule is CC(NC(=O)CNC(=O)[C@@H](N)C(C)C)c1cccnc1.Cl. The highest BCUT2D eigenvalue weighted by Gasteiger charge is 2.18. The molecule has 0 fully saturated rings. The van der Waals surface area contributed by atoms with E-state index in [0.29, 0.717) is 0 Å². The average Bonchev–Trinajstić information content (AvgIpc) is 2.44. The van der Waals surface area contributed by atoms with Crippen LogP contribution < -0.4 is 16.4 Å². The first-order valence-corrected chi connectivity index (χ1v) is 6.64. The van der Waals surface area contributed by atoms with Gasteiger partial charge in [0.15, 0.2) is 0 Å². The molecule has 1 aromatic rings. The highest BCUT2D eigenvalue weighted by Crippen LogP contribution is 2.09. The van der Waals surface area contributed by atoms with Crippen molar-refractivity contribution in [2.75, 3.05) is 6.54 Å².